The lowest BCUT2D eigenvalue weighted by molar-refractivity contribution is 0.0686. The van der Waals surface area contributed by atoms with Gasteiger partial charge in [0.15, 0.2) is 11.6 Å². The van der Waals surface area contributed by atoms with Crippen molar-refractivity contribution in [2.75, 3.05) is 0 Å². The molecule has 0 bridgehead atoms. The van der Waals surface area contributed by atoms with Crippen LogP contribution in [0.4, 0.5) is 8.78 Å². The van der Waals surface area contributed by atoms with Crippen LogP contribution in [0.2, 0.25) is 0 Å². The predicted octanol–water partition coefficient (Wildman–Crippen LogP) is 1.31. The quantitative estimate of drug-likeness (QED) is 0.765. The average Bonchev–Trinajstić information content (AvgIpc) is 2.19. The molecule has 0 radical (unpaired) electrons. The Kier molecular flexibility index (Phi) is 2.15. The second kappa shape index (κ2) is 3.37. The third-order valence-electron chi connectivity index (χ3n) is 1.89. The van der Waals surface area contributed by atoms with Gasteiger partial charge in [0.2, 0.25) is 11.6 Å². The molecule has 0 saturated heterocycles. The van der Waals surface area contributed by atoms with E-state index >= 15 is 0 Å². The SMILES string of the molecule is O=C(O)c1nc2cc(F)c(F)cc2nc1O. The number of rotatable bonds is 1. The zero-order valence-corrected chi connectivity index (χ0v) is 7.61. The molecular formula is C9H4F2N2O3. The predicted molar refractivity (Wildman–Crippen MR) is 48.1 cm³/mol. The largest absolute Gasteiger partial charge is 0.492 e. The maximum Gasteiger partial charge on any atom is 0.360 e. The summed E-state index contributed by atoms with van der Waals surface area (Å²) in [5, 5.41) is 17.8. The van der Waals surface area contributed by atoms with Crippen LogP contribution in [0.25, 0.3) is 11.0 Å². The topological polar surface area (TPSA) is 83.3 Å². The normalized spacial score (nSPS) is 10.6. The number of aromatic hydroxyl groups is 1. The Bertz CT molecular complexity index is 601. The molecule has 0 fully saturated rings. The molecule has 0 unspecified atom stereocenters. The molecule has 1 aromatic heterocycles. The number of carboxylic acids is 1. The van der Waals surface area contributed by atoms with Crippen LogP contribution in [0.3, 0.4) is 0 Å². The summed E-state index contributed by atoms with van der Waals surface area (Å²) in [4.78, 5) is 17.4. The Morgan fingerprint density at radius 3 is 2.12 bits per heavy atom. The molecule has 0 aliphatic heterocycles. The van der Waals surface area contributed by atoms with Crippen molar-refractivity contribution in [1.29, 1.82) is 0 Å². The minimum Gasteiger partial charge on any atom is -0.492 e. The number of carboxylic acid groups (broad SMARTS) is 1. The van der Waals surface area contributed by atoms with Gasteiger partial charge in [0.1, 0.15) is 0 Å². The highest BCUT2D eigenvalue weighted by molar-refractivity contribution is 5.90. The number of aromatic nitrogens is 2. The van der Waals surface area contributed by atoms with Gasteiger partial charge in [0, 0.05) is 12.1 Å². The summed E-state index contributed by atoms with van der Waals surface area (Å²) in [6.45, 7) is 0. The zero-order valence-electron chi connectivity index (χ0n) is 7.61. The van der Waals surface area contributed by atoms with E-state index in [0.29, 0.717) is 6.07 Å². The van der Waals surface area contributed by atoms with Gasteiger partial charge < -0.3 is 10.2 Å². The van der Waals surface area contributed by atoms with Gasteiger partial charge in [-0.05, 0) is 0 Å². The van der Waals surface area contributed by atoms with E-state index in [9.17, 15) is 13.6 Å². The summed E-state index contributed by atoms with van der Waals surface area (Å²) < 4.78 is 25.6. The highest BCUT2D eigenvalue weighted by Crippen LogP contribution is 2.20. The third kappa shape index (κ3) is 1.52. The van der Waals surface area contributed by atoms with E-state index in [4.69, 9.17) is 10.2 Å². The molecule has 0 aliphatic rings. The zero-order chi connectivity index (χ0) is 11.9. The van der Waals surface area contributed by atoms with Crippen LogP contribution in [0.15, 0.2) is 12.1 Å². The highest BCUT2D eigenvalue weighted by atomic mass is 19.2. The van der Waals surface area contributed by atoms with E-state index in [2.05, 4.69) is 9.97 Å². The van der Waals surface area contributed by atoms with Crippen molar-refractivity contribution in [3.63, 3.8) is 0 Å². The first-order valence-corrected chi connectivity index (χ1v) is 4.08. The number of halogens is 2. The molecule has 2 aromatic rings. The van der Waals surface area contributed by atoms with Crippen LogP contribution in [0.1, 0.15) is 10.5 Å². The van der Waals surface area contributed by atoms with Crippen molar-refractivity contribution in [2.45, 2.75) is 0 Å². The maximum absolute atomic E-state index is 12.8. The van der Waals surface area contributed by atoms with Gasteiger partial charge >= 0.3 is 5.97 Å². The molecule has 0 spiro atoms. The van der Waals surface area contributed by atoms with E-state index in [-0.39, 0.29) is 11.0 Å². The molecule has 0 saturated carbocycles. The lowest BCUT2D eigenvalue weighted by Crippen LogP contribution is -2.03. The number of hydrogen-bond donors (Lipinski definition) is 2. The number of nitrogens with zero attached hydrogens (tertiary/aromatic N) is 2. The Morgan fingerprint density at radius 1 is 1.12 bits per heavy atom. The maximum atomic E-state index is 12.8. The van der Waals surface area contributed by atoms with Gasteiger partial charge in [-0.1, -0.05) is 0 Å². The molecule has 1 aromatic carbocycles. The molecule has 7 heteroatoms. The smallest absolute Gasteiger partial charge is 0.360 e. The Morgan fingerprint density at radius 2 is 1.62 bits per heavy atom. The molecule has 0 amide bonds. The minimum absolute atomic E-state index is 0.124. The fourth-order valence-electron chi connectivity index (χ4n) is 1.19. The number of benzene rings is 1. The number of hydrogen-bond acceptors (Lipinski definition) is 4. The summed E-state index contributed by atoms with van der Waals surface area (Å²) >= 11 is 0. The van der Waals surface area contributed by atoms with E-state index in [1.807, 2.05) is 0 Å². The van der Waals surface area contributed by atoms with Gasteiger partial charge in [-0.2, -0.15) is 0 Å². The first-order valence-electron chi connectivity index (χ1n) is 4.08. The molecule has 16 heavy (non-hydrogen) atoms. The van der Waals surface area contributed by atoms with Crippen molar-refractivity contribution in [1.82, 2.24) is 9.97 Å². The first-order chi connectivity index (χ1) is 7.49. The van der Waals surface area contributed by atoms with Gasteiger partial charge in [-0.15, -0.1) is 0 Å². The van der Waals surface area contributed by atoms with E-state index < -0.39 is 29.2 Å². The van der Waals surface area contributed by atoms with Gasteiger partial charge in [-0.25, -0.2) is 23.5 Å². The molecule has 5 nitrogen and oxygen atoms in total. The molecular weight excluding hydrogens is 222 g/mol. The fraction of sp³-hybridized carbons (Fsp3) is 0. The fourth-order valence-corrected chi connectivity index (χ4v) is 1.19. The lowest BCUT2D eigenvalue weighted by Gasteiger charge is -2.01. The van der Waals surface area contributed by atoms with Crippen molar-refractivity contribution in [3.05, 3.63) is 29.5 Å². The van der Waals surface area contributed by atoms with Crippen LogP contribution >= 0.6 is 0 Å². The van der Waals surface area contributed by atoms with Gasteiger partial charge in [0.05, 0.1) is 11.0 Å². The second-order valence-electron chi connectivity index (χ2n) is 2.96. The van der Waals surface area contributed by atoms with Crippen LogP contribution < -0.4 is 0 Å². The molecule has 0 aliphatic carbocycles. The number of aromatic carboxylic acids is 1. The standard InChI is InChI=1S/C9H4F2N2O3/c10-3-1-5-6(2-4(3)11)13-8(14)7(12-5)9(15)16/h1-2H,(H,13,14)(H,15,16). The first kappa shape index (κ1) is 10.2. The molecule has 2 rings (SSSR count). The summed E-state index contributed by atoms with van der Waals surface area (Å²) in [6, 6.07) is 1.44. The molecule has 1 heterocycles. The molecule has 0 atom stereocenters. The average molecular weight is 226 g/mol. The van der Waals surface area contributed by atoms with E-state index in [0.717, 1.165) is 6.07 Å². The van der Waals surface area contributed by atoms with E-state index in [1.54, 1.807) is 0 Å². The van der Waals surface area contributed by atoms with Gasteiger partial charge in [0.25, 0.3) is 0 Å². The van der Waals surface area contributed by atoms with Crippen LogP contribution in [-0.4, -0.2) is 26.2 Å². The summed E-state index contributed by atoms with van der Waals surface area (Å²) in [6.07, 6.45) is 0. The number of fused-ring (bicyclic) bond motifs is 1. The van der Waals surface area contributed by atoms with Crippen molar-refractivity contribution >= 4 is 17.0 Å². The van der Waals surface area contributed by atoms with E-state index in [1.165, 1.54) is 0 Å². The summed E-state index contributed by atoms with van der Waals surface area (Å²) in [5.74, 6) is -4.66. The van der Waals surface area contributed by atoms with Crippen LogP contribution in [-0.2, 0) is 0 Å². The molecule has 2 N–H and O–H groups in total. The second-order valence-corrected chi connectivity index (χ2v) is 2.96. The molecule has 82 valence electrons. The van der Waals surface area contributed by atoms with Crippen molar-refractivity contribution in [3.8, 4) is 5.88 Å². The van der Waals surface area contributed by atoms with Crippen LogP contribution in [0, 0.1) is 11.6 Å². The number of carbonyl (C=O) groups is 1. The third-order valence-corrected chi connectivity index (χ3v) is 1.89. The highest BCUT2D eigenvalue weighted by Gasteiger charge is 2.16. The van der Waals surface area contributed by atoms with Crippen LogP contribution in [0.5, 0.6) is 5.88 Å². The minimum atomic E-state index is -1.50. The van der Waals surface area contributed by atoms with Crippen molar-refractivity contribution in [2.24, 2.45) is 0 Å². The summed E-state index contributed by atoms with van der Waals surface area (Å²) in [7, 11) is 0. The Hall–Kier alpha value is -2.31. The van der Waals surface area contributed by atoms with Crippen molar-refractivity contribution < 1.29 is 23.8 Å². The van der Waals surface area contributed by atoms with Gasteiger partial charge in [-0.3, -0.25) is 0 Å². The lowest BCUT2D eigenvalue weighted by atomic mass is 10.2. The Labute approximate surface area is 87.0 Å². The monoisotopic (exact) mass is 226 g/mol. The summed E-state index contributed by atoms with van der Waals surface area (Å²) in [5.41, 5.74) is -0.978. The Balaban J connectivity index is 2.79.